The third-order valence-corrected chi connectivity index (χ3v) is 16.8. The van der Waals surface area contributed by atoms with E-state index < -0.39 is 149 Å². The van der Waals surface area contributed by atoms with Gasteiger partial charge in [-0.25, -0.2) is 0 Å². The highest BCUT2D eigenvalue weighted by molar-refractivity contribution is 5.80. The molecule has 0 aromatic rings. The Morgan fingerprint density at radius 3 is 1.33 bits per heavy atom. The summed E-state index contributed by atoms with van der Waals surface area (Å²) >= 11 is 0. The number of aliphatic hydroxyl groups excluding tert-OH is 13. The van der Waals surface area contributed by atoms with Crippen molar-refractivity contribution in [2.75, 3.05) is 26.4 Å². The van der Waals surface area contributed by atoms with Crippen molar-refractivity contribution < 1.29 is 99.6 Å². The molecule has 3 saturated heterocycles. The summed E-state index contributed by atoms with van der Waals surface area (Å²) < 4.78 is 34.6. The lowest BCUT2D eigenvalue weighted by Crippen LogP contribution is -2.62. The summed E-state index contributed by atoms with van der Waals surface area (Å²) in [6.45, 7) is 3.50. The molecule has 21 heteroatoms. The summed E-state index contributed by atoms with van der Waals surface area (Å²) in [4.78, 5) is 13.6. The number of hydrogen-bond donors (Lipinski definition) is 14. The van der Waals surface area contributed by atoms with Crippen molar-refractivity contribution in [2.45, 2.75) is 349 Å². The van der Waals surface area contributed by atoms with E-state index in [0.29, 0.717) is 18.8 Å². The molecule has 0 radical (unpaired) electrons. The second-order valence-corrected chi connectivity index (χ2v) is 24.4. The first kappa shape index (κ1) is 75.0. The Bertz CT molecular complexity index is 1560. The Labute approximate surface area is 490 Å². The number of ether oxygens (including phenoxy) is 6. The van der Waals surface area contributed by atoms with Gasteiger partial charge in [0.05, 0.1) is 38.6 Å². The second-order valence-electron chi connectivity index (χ2n) is 24.4. The van der Waals surface area contributed by atoms with Gasteiger partial charge in [-0.1, -0.05) is 220 Å². The molecule has 1 amide bonds. The van der Waals surface area contributed by atoms with Crippen LogP contribution in [0.2, 0.25) is 0 Å². The van der Waals surface area contributed by atoms with Crippen LogP contribution in [0.25, 0.3) is 0 Å². The van der Waals surface area contributed by atoms with E-state index in [4.69, 9.17) is 28.4 Å². The highest BCUT2D eigenvalue weighted by Gasteiger charge is 2.56. The molecule has 82 heavy (non-hydrogen) atoms. The Kier molecular flexibility index (Phi) is 40.4. The van der Waals surface area contributed by atoms with Crippen molar-refractivity contribution in [3.8, 4) is 0 Å². The first-order valence-corrected chi connectivity index (χ1v) is 32.3. The van der Waals surface area contributed by atoms with Gasteiger partial charge in [0.1, 0.15) is 85.5 Å². The molecule has 0 bridgehead atoms. The van der Waals surface area contributed by atoms with Gasteiger partial charge in [0.15, 0.2) is 18.9 Å². The van der Waals surface area contributed by atoms with Gasteiger partial charge < -0.3 is 100 Å². The molecule has 0 spiro atoms. The maximum absolute atomic E-state index is 13.6. The predicted molar refractivity (Wildman–Crippen MR) is 308 cm³/mol. The first-order valence-electron chi connectivity index (χ1n) is 32.3. The van der Waals surface area contributed by atoms with Crippen LogP contribution in [0.1, 0.15) is 233 Å². The van der Waals surface area contributed by atoms with Crippen molar-refractivity contribution in [3.63, 3.8) is 0 Å². The predicted octanol–water partition coefficient (Wildman–Crippen LogP) is 4.57. The molecule has 3 aliphatic heterocycles. The fraction of sp³-hybridized carbons (Fsp3) is 0.984. The second kappa shape index (κ2) is 44.2. The Balaban J connectivity index is 1.56. The molecule has 486 valence electrons. The molecule has 0 aliphatic carbocycles. The molecule has 0 saturated carbocycles. The number of hydrogen-bond acceptors (Lipinski definition) is 20. The highest BCUT2D eigenvalue weighted by Crippen LogP contribution is 2.36. The minimum atomic E-state index is -1.96. The van der Waals surface area contributed by atoms with E-state index in [-0.39, 0.29) is 12.8 Å². The van der Waals surface area contributed by atoms with Gasteiger partial charge in [0.2, 0.25) is 5.91 Å². The van der Waals surface area contributed by atoms with Crippen LogP contribution in [0, 0.1) is 5.92 Å². The van der Waals surface area contributed by atoms with E-state index in [1.54, 1.807) is 0 Å². The van der Waals surface area contributed by atoms with Gasteiger partial charge in [-0.3, -0.25) is 4.79 Å². The van der Waals surface area contributed by atoms with E-state index in [1.165, 1.54) is 135 Å². The summed E-state index contributed by atoms with van der Waals surface area (Å²) in [7, 11) is 0. The van der Waals surface area contributed by atoms with Crippen LogP contribution < -0.4 is 5.32 Å². The standard InChI is InChI=1S/C61H117NO20/c1-4-5-6-7-8-9-10-11-12-13-14-15-16-17-18-19-20-23-27-30-33-36-44(67)58(76)62-42(48(70)43(66)35-32-29-26-24-21-22-25-28-31-34-41(2)3)40-77-59-53(75)56(49(71)47(39-65)78-59)81-61-57(52(74)55(80-61)46(69)38-64)82-60-51(73)50(72)54(79-60)45(68)37-63/h41-57,59-61,63-75H,4-40H2,1-3H3,(H,62,76)/t42-,43+,44+,45-,46-,47+,48-,49-,50+,51+,52-,53+,54-,55-,56-,57+,59-,60+,61-/m0/s1. The molecule has 0 unspecified atom stereocenters. The first-order chi connectivity index (χ1) is 39.5. The molecule has 14 N–H and O–H groups in total. The molecule has 3 heterocycles. The SMILES string of the molecule is CCCCCCCCCCCCCCCCCCCCCCC[C@@H](O)C(=O)N[C@@H](CO[C@H]1O[C@H](CO)[C@H](O)[C@H](O[C@@H]2O[C@@H]([C@@H](O)CO)[C@H](O)[C@H]2O[C@H]2O[C@@H]([C@@H](O)CO)[C@H](O)[C@H]2O)[C@H]1O)[C@H](O)[C@H](O)CCCCCCCCCCCC(C)C. The van der Waals surface area contributed by atoms with Crippen LogP contribution in [0.15, 0.2) is 0 Å². The molecule has 3 fully saturated rings. The van der Waals surface area contributed by atoms with Crippen LogP contribution in [0.4, 0.5) is 0 Å². The topological polar surface area (TPSA) is 347 Å². The van der Waals surface area contributed by atoms with Gasteiger partial charge >= 0.3 is 0 Å². The average molecular weight is 1180 g/mol. The van der Waals surface area contributed by atoms with Crippen LogP contribution >= 0.6 is 0 Å². The monoisotopic (exact) mass is 1180 g/mol. The number of amides is 1. The Morgan fingerprint density at radius 2 is 0.878 bits per heavy atom. The lowest BCUT2D eigenvalue weighted by atomic mass is 9.98. The van der Waals surface area contributed by atoms with Crippen LogP contribution in [-0.2, 0) is 33.2 Å². The summed E-state index contributed by atoms with van der Waals surface area (Å²) in [6, 6.07) is -1.37. The fourth-order valence-electron chi connectivity index (χ4n) is 11.4. The Hall–Kier alpha value is -1.29. The Morgan fingerprint density at radius 1 is 0.463 bits per heavy atom. The molecule has 0 aromatic carbocycles. The summed E-state index contributed by atoms with van der Waals surface area (Å²) in [5, 5.41) is 142. The summed E-state index contributed by atoms with van der Waals surface area (Å²) in [5.41, 5.74) is 0. The molecule has 21 nitrogen and oxygen atoms in total. The van der Waals surface area contributed by atoms with Crippen molar-refractivity contribution in [1.29, 1.82) is 0 Å². The zero-order valence-electron chi connectivity index (χ0n) is 50.4. The van der Waals surface area contributed by atoms with E-state index in [1.807, 2.05) is 0 Å². The number of aliphatic hydroxyl groups is 13. The summed E-state index contributed by atoms with van der Waals surface area (Å²) in [6.07, 6.45) is 6.17. The third kappa shape index (κ3) is 27.8. The maximum Gasteiger partial charge on any atom is 0.249 e. The quantitative estimate of drug-likeness (QED) is 0.0371. The van der Waals surface area contributed by atoms with E-state index in [2.05, 4.69) is 26.1 Å². The van der Waals surface area contributed by atoms with Gasteiger partial charge in [-0.15, -0.1) is 0 Å². The van der Waals surface area contributed by atoms with E-state index >= 15 is 0 Å². The van der Waals surface area contributed by atoms with Crippen molar-refractivity contribution >= 4 is 5.91 Å². The minimum Gasteiger partial charge on any atom is -0.394 e. The zero-order chi connectivity index (χ0) is 60.2. The maximum atomic E-state index is 13.6. The number of rotatable bonds is 50. The lowest BCUT2D eigenvalue weighted by molar-refractivity contribution is -0.338. The van der Waals surface area contributed by atoms with E-state index in [0.717, 1.165) is 51.4 Å². The van der Waals surface area contributed by atoms with Crippen LogP contribution in [0.3, 0.4) is 0 Å². The van der Waals surface area contributed by atoms with Gasteiger partial charge in [0, 0.05) is 0 Å². The minimum absolute atomic E-state index is 0.158. The van der Waals surface area contributed by atoms with Gasteiger partial charge in [-0.05, 0) is 18.8 Å². The molecule has 19 atom stereocenters. The number of nitrogens with one attached hydrogen (secondary N) is 1. The van der Waals surface area contributed by atoms with Gasteiger partial charge in [-0.2, -0.15) is 0 Å². The lowest BCUT2D eigenvalue weighted by Gasteiger charge is -2.43. The van der Waals surface area contributed by atoms with Gasteiger partial charge in [0.25, 0.3) is 0 Å². The average Bonchev–Trinajstić information content (AvgIpc) is 3.75. The molecule has 3 aliphatic rings. The third-order valence-electron chi connectivity index (χ3n) is 16.8. The number of carbonyl (C=O) groups excluding carboxylic acids is 1. The van der Waals surface area contributed by atoms with Crippen molar-refractivity contribution in [2.24, 2.45) is 5.92 Å². The smallest absolute Gasteiger partial charge is 0.249 e. The molecule has 3 rings (SSSR count). The molecular formula is C61H117NO20. The number of carbonyl (C=O) groups is 1. The highest BCUT2D eigenvalue weighted by atomic mass is 16.8. The number of unbranched alkanes of at least 4 members (excludes halogenated alkanes) is 28. The molecule has 0 aromatic heterocycles. The largest absolute Gasteiger partial charge is 0.394 e. The fourth-order valence-corrected chi connectivity index (χ4v) is 11.4. The van der Waals surface area contributed by atoms with Crippen molar-refractivity contribution in [3.05, 3.63) is 0 Å². The normalized spacial score (nSPS) is 29.1. The van der Waals surface area contributed by atoms with Crippen molar-refractivity contribution in [1.82, 2.24) is 5.32 Å². The molecular weight excluding hydrogens is 1070 g/mol. The zero-order valence-corrected chi connectivity index (χ0v) is 50.4. The van der Waals surface area contributed by atoms with Crippen LogP contribution in [0.5, 0.6) is 0 Å². The summed E-state index contributed by atoms with van der Waals surface area (Å²) in [5.74, 6) is -0.0953. The van der Waals surface area contributed by atoms with E-state index in [9.17, 15) is 71.2 Å². The van der Waals surface area contributed by atoms with Crippen LogP contribution in [-0.4, -0.2) is 215 Å².